The van der Waals surface area contributed by atoms with Crippen molar-refractivity contribution in [3.05, 3.63) is 11.6 Å². The molecule has 1 saturated heterocycles. The number of hydrogen-bond acceptors (Lipinski definition) is 3. The molecule has 3 nitrogen and oxygen atoms in total. The van der Waals surface area contributed by atoms with Crippen molar-refractivity contribution in [2.24, 2.45) is 52.3 Å². The van der Waals surface area contributed by atoms with Crippen LogP contribution in [0.2, 0.25) is 0 Å². The summed E-state index contributed by atoms with van der Waals surface area (Å²) >= 11 is 0. The molecule has 1 heterocycles. The lowest BCUT2D eigenvalue weighted by Gasteiger charge is -2.59. The second-order valence-electron chi connectivity index (χ2n) is 11.7. The normalized spacial score (nSPS) is 59.1. The third-order valence-corrected chi connectivity index (χ3v) is 11.1. The number of hydrogen-bond donors (Lipinski definition) is 0. The molecule has 3 heteroatoms. The monoisotopic (exact) mass is 382 g/mol. The minimum Gasteiger partial charge on any atom is -0.458 e. The molecule has 0 aromatic heterocycles. The average molecular weight is 383 g/mol. The summed E-state index contributed by atoms with van der Waals surface area (Å²) in [5.74, 6) is 4.96. The Balaban J connectivity index is 1.45. The van der Waals surface area contributed by atoms with Crippen molar-refractivity contribution < 1.29 is 14.3 Å². The molecule has 0 amide bonds. The summed E-state index contributed by atoms with van der Waals surface area (Å²) < 4.78 is 6.24. The van der Waals surface area contributed by atoms with Crippen molar-refractivity contribution in [1.82, 2.24) is 0 Å². The Labute approximate surface area is 168 Å². The molecule has 6 aliphatic rings. The number of carbonyl (C=O) groups is 2. The SMILES string of the molecule is CC1C2C3C4CC4C4=CC(=O)CCC4(C)C3CCC2(C)C2(CCC(=O)O2)C1C. The van der Waals surface area contributed by atoms with Gasteiger partial charge in [-0.25, -0.2) is 0 Å². The predicted molar refractivity (Wildman–Crippen MR) is 106 cm³/mol. The fourth-order valence-corrected chi connectivity index (χ4v) is 9.66. The second kappa shape index (κ2) is 5.13. The van der Waals surface area contributed by atoms with Gasteiger partial charge >= 0.3 is 5.97 Å². The Morgan fingerprint density at radius 1 is 1.07 bits per heavy atom. The van der Waals surface area contributed by atoms with Crippen LogP contribution in [0.1, 0.15) is 72.6 Å². The van der Waals surface area contributed by atoms with Gasteiger partial charge in [-0.3, -0.25) is 9.59 Å². The summed E-state index contributed by atoms with van der Waals surface area (Å²) in [7, 11) is 0. The Hall–Kier alpha value is -1.12. The van der Waals surface area contributed by atoms with Crippen LogP contribution >= 0.6 is 0 Å². The van der Waals surface area contributed by atoms with Crippen LogP contribution < -0.4 is 0 Å². The number of ether oxygens (including phenoxy) is 1. The predicted octanol–water partition coefficient (Wildman–Crippen LogP) is 4.94. The van der Waals surface area contributed by atoms with Gasteiger partial charge < -0.3 is 4.74 Å². The maximum absolute atomic E-state index is 12.2. The molecule has 5 fully saturated rings. The number of fused-ring (bicyclic) bond motifs is 9. The van der Waals surface area contributed by atoms with Crippen LogP contribution in [0.3, 0.4) is 0 Å². The highest BCUT2D eigenvalue weighted by molar-refractivity contribution is 5.92. The lowest BCUT2D eigenvalue weighted by atomic mass is 9.45. The van der Waals surface area contributed by atoms with E-state index >= 15 is 0 Å². The van der Waals surface area contributed by atoms with Crippen LogP contribution in [0.15, 0.2) is 11.6 Å². The average Bonchev–Trinajstić information content (AvgIpc) is 3.32. The first-order chi connectivity index (χ1) is 13.2. The van der Waals surface area contributed by atoms with Gasteiger partial charge in [0.05, 0.1) is 0 Å². The van der Waals surface area contributed by atoms with Crippen LogP contribution in [0.4, 0.5) is 0 Å². The van der Waals surface area contributed by atoms with Gasteiger partial charge in [-0.15, -0.1) is 0 Å². The summed E-state index contributed by atoms with van der Waals surface area (Å²) in [5, 5.41) is 0. The molecule has 5 aliphatic carbocycles. The zero-order valence-corrected chi connectivity index (χ0v) is 17.8. The summed E-state index contributed by atoms with van der Waals surface area (Å²) in [6.07, 6.45) is 9.07. The van der Waals surface area contributed by atoms with E-state index in [4.69, 9.17) is 4.74 Å². The van der Waals surface area contributed by atoms with Gasteiger partial charge in [-0.2, -0.15) is 0 Å². The summed E-state index contributed by atoms with van der Waals surface area (Å²) in [6, 6.07) is 0. The molecule has 6 rings (SSSR count). The van der Waals surface area contributed by atoms with Gasteiger partial charge in [0.1, 0.15) is 5.60 Å². The minimum atomic E-state index is -0.233. The zero-order valence-electron chi connectivity index (χ0n) is 17.8. The highest BCUT2D eigenvalue weighted by Crippen LogP contribution is 2.77. The van der Waals surface area contributed by atoms with Gasteiger partial charge in [0.15, 0.2) is 5.78 Å². The van der Waals surface area contributed by atoms with Gasteiger partial charge in [-0.05, 0) is 85.0 Å². The number of carbonyl (C=O) groups excluding carboxylic acids is 2. The largest absolute Gasteiger partial charge is 0.458 e. The smallest absolute Gasteiger partial charge is 0.306 e. The van der Waals surface area contributed by atoms with Crippen LogP contribution in [0.25, 0.3) is 0 Å². The molecule has 4 saturated carbocycles. The molecular weight excluding hydrogens is 348 g/mol. The molecule has 10 unspecified atom stereocenters. The van der Waals surface area contributed by atoms with Crippen LogP contribution in [-0.4, -0.2) is 17.4 Å². The molecule has 0 bridgehead atoms. The van der Waals surface area contributed by atoms with E-state index in [1.165, 1.54) is 24.8 Å². The third-order valence-electron chi connectivity index (χ3n) is 11.1. The molecule has 0 radical (unpaired) electrons. The number of ketones is 1. The molecule has 1 aliphatic heterocycles. The first kappa shape index (κ1) is 17.7. The van der Waals surface area contributed by atoms with Crippen molar-refractivity contribution in [2.75, 3.05) is 0 Å². The lowest BCUT2D eigenvalue weighted by molar-refractivity contribution is -0.174. The summed E-state index contributed by atoms with van der Waals surface area (Å²) in [6.45, 7) is 9.77. The molecule has 28 heavy (non-hydrogen) atoms. The second-order valence-corrected chi connectivity index (χ2v) is 11.7. The Morgan fingerprint density at radius 2 is 1.86 bits per heavy atom. The van der Waals surface area contributed by atoms with Crippen LogP contribution in [0, 0.1) is 52.3 Å². The number of allylic oxidation sites excluding steroid dienone is 1. The lowest BCUT2D eigenvalue weighted by Crippen LogP contribution is -2.56. The van der Waals surface area contributed by atoms with Crippen molar-refractivity contribution >= 4 is 11.8 Å². The van der Waals surface area contributed by atoms with E-state index in [-0.39, 0.29) is 22.4 Å². The van der Waals surface area contributed by atoms with Crippen molar-refractivity contribution in [3.8, 4) is 0 Å². The fraction of sp³-hybridized carbons (Fsp3) is 0.840. The number of esters is 1. The van der Waals surface area contributed by atoms with Gasteiger partial charge in [-0.1, -0.05) is 33.3 Å². The maximum atomic E-state index is 12.2. The van der Waals surface area contributed by atoms with Crippen molar-refractivity contribution in [3.63, 3.8) is 0 Å². The summed E-state index contributed by atoms with van der Waals surface area (Å²) in [5.41, 5.74) is 1.62. The highest BCUT2D eigenvalue weighted by Gasteiger charge is 2.75. The van der Waals surface area contributed by atoms with E-state index in [0.29, 0.717) is 41.8 Å². The Morgan fingerprint density at radius 3 is 2.57 bits per heavy atom. The molecule has 0 aromatic carbocycles. The third kappa shape index (κ3) is 1.80. The quantitative estimate of drug-likeness (QED) is 0.557. The minimum absolute atomic E-state index is 0.0268. The highest BCUT2D eigenvalue weighted by atomic mass is 16.6. The van der Waals surface area contributed by atoms with Crippen LogP contribution in [-0.2, 0) is 14.3 Å². The van der Waals surface area contributed by atoms with Crippen molar-refractivity contribution in [1.29, 1.82) is 0 Å². The molecule has 0 aromatic rings. The van der Waals surface area contributed by atoms with E-state index in [1.54, 1.807) is 0 Å². The summed E-state index contributed by atoms with van der Waals surface area (Å²) in [4.78, 5) is 24.4. The van der Waals surface area contributed by atoms with Gasteiger partial charge in [0.2, 0.25) is 0 Å². The molecule has 1 spiro atoms. The van der Waals surface area contributed by atoms with E-state index in [1.807, 2.05) is 0 Å². The zero-order chi connectivity index (χ0) is 19.6. The first-order valence-corrected chi connectivity index (χ1v) is 11.7. The fourth-order valence-electron chi connectivity index (χ4n) is 9.66. The molecule has 10 atom stereocenters. The van der Waals surface area contributed by atoms with Gasteiger partial charge in [0, 0.05) is 18.3 Å². The first-order valence-electron chi connectivity index (χ1n) is 11.7. The Kier molecular flexibility index (Phi) is 3.25. The molecular formula is C25H34O3. The maximum Gasteiger partial charge on any atom is 0.306 e. The van der Waals surface area contributed by atoms with E-state index < -0.39 is 0 Å². The van der Waals surface area contributed by atoms with E-state index in [9.17, 15) is 9.59 Å². The topological polar surface area (TPSA) is 43.4 Å². The molecule has 152 valence electrons. The van der Waals surface area contributed by atoms with Crippen LogP contribution in [0.5, 0.6) is 0 Å². The van der Waals surface area contributed by atoms with E-state index in [2.05, 4.69) is 33.8 Å². The van der Waals surface area contributed by atoms with Crippen molar-refractivity contribution in [2.45, 2.75) is 78.2 Å². The number of rotatable bonds is 0. The Bertz CT molecular complexity index is 813. The van der Waals surface area contributed by atoms with E-state index in [0.717, 1.165) is 31.1 Å². The van der Waals surface area contributed by atoms with Gasteiger partial charge in [0.25, 0.3) is 0 Å². The molecule has 0 N–H and O–H groups in total. The standard InChI is InChI=1S/C25H34O3/c1-13-14(2)25(10-7-20(27)28-25)24(4)9-6-18-21(22(13)24)17-12-16(17)19-11-15(26)5-8-23(18,19)3/h11,13-14,16-18,21-22H,5-10,12H2,1-4H3.